The molecule has 0 saturated carbocycles. The molecule has 284 valence electrons. The Labute approximate surface area is 333 Å². The average Bonchev–Trinajstić information content (AvgIpc) is 3.67. The Bertz CT molecular complexity index is 2600. The number of nitrogens with zero attached hydrogens (tertiary/aromatic N) is 3. The Morgan fingerprint density at radius 2 is 1.50 bits per heavy atom. The summed E-state index contributed by atoms with van der Waals surface area (Å²) >= 11 is 0. The number of furan rings is 1. The topological polar surface area (TPSA) is 35.4 Å². The molecular formula is C52H55N3O. The summed E-state index contributed by atoms with van der Waals surface area (Å²) in [5.41, 5.74) is 12.8. The monoisotopic (exact) mass is 737 g/mol. The van der Waals surface area contributed by atoms with Crippen molar-refractivity contribution in [2.45, 2.75) is 67.7 Å². The second kappa shape index (κ2) is 18.5. The van der Waals surface area contributed by atoms with Gasteiger partial charge in [0.05, 0.1) is 17.6 Å². The van der Waals surface area contributed by atoms with Crippen LogP contribution in [0.25, 0.3) is 68.3 Å². The fourth-order valence-electron chi connectivity index (χ4n) is 7.90. The molecule has 0 unspecified atom stereocenters. The van der Waals surface area contributed by atoms with Crippen molar-refractivity contribution in [2.24, 2.45) is 4.99 Å². The lowest BCUT2D eigenvalue weighted by Crippen LogP contribution is -2.13. The molecule has 0 amide bonds. The summed E-state index contributed by atoms with van der Waals surface area (Å²) < 4.78 is 11.3. The highest BCUT2D eigenvalue weighted by atomic mass is 16.3. The van der Waals surface area contributed by atoms with Gasteiger partial charge in [-0.15, -0.1) is 0 Å². The summed E-state index contributed by atoms with van der Waals surface area (Å²) in [7, 11) is 0. The van der Waals surface area contributed by atoms with Crippen LogP contribution in [0.15, 0.2) is 137 Å². The van der Waals surface area contributed by atoms with Crippen LogP contribution in [0.3, 0.4) is 0 Å². The van der Waals surface area contributed by atoms with Crippen LogP contribution in [0.5, 0.6) is 0 Å². The third-order valence-electron chi connectivity index (χ3n) is 10.0. The number of para-hydroxylation sites is 2. The molecule has 0 N–H and O–H groups in total. The number of aliphatic imine (C=N–C) groups is 1. The van der Waals surface area contributed by atoms with Gasteiger partial charge in [-0.25, -0.2) is 0 Å². The highest BCUT2D eigenvalue weighted by molar-refractivity contribution is 6.18. The first-order chi connectivity index (χ1) is 27.8. The molecule has 1 aliphatic heterocycles. The fourth-order valence-corrected chi connectivity index (χ4v) is 7.90. The van der Waals surface area contributed by atoms with Crippen LogP contribution in [0, 0.1) is 0 Å². The molecule has 3 aliphatic rings. The van der Waals surface area contributed by atoms with Gasteiger partial charge in [0, 0.05) is 68.3 Å². The number of hydrogen-bond acceptors (Lipinski definition) is 2. The van der Waals surface area contributed by atoms with E-state index < -0.39 is 0 Å². The first-order valence-corrected chi connectivity index (χ1v) is 20.4. The summed E-state index contributed by atoms with van der Waals surface area (Å²) in [6, 6.07) is 21.8. The molecule has 4 heterocycles. The van der Waals surface area contributed by atoms with E-state index in [1.54, 1.807) is 6.08 Å². The lowest BCUT2D eigenvalue weighted by Gasteiger charge is -2.12. The minimum atomic E-state index is 0.522. The SMILES string of the molecule is C=Cc1oc2c(C3=CC=CC(n4c5c(c6ccc7c(c8c(n7-c7ccccc7)C/C=C\C/C=C\8)c64)C=CC=CC5)=NC3)cccc2c1/C=C\C.CC.CC.CC. The number of rotatable bonds is 4. The fraction of sp³-hybridized carbons (Fsp3) is 0.212. The Hall–Kier alpha value is -6.13. The Morgan fingerprint density at radius 3 is 2.29 bits per heavy atom. The minimum Gasteiger partial charge on any atom is -0.455 e. The number of hydrogen-bond donors (Lipinski definition) is 0. The highest BCUT2D eigenvalue weighted by Gasteiger charge is 2.26. The maximum atomic E-state index is 6.41. The van der Waals surface area contributed by atoms with Crippen LogP contribution < -0.4 is 0 Å². The molecule has 56 heavy (non-hydrogen) atoms. The molecule has 3 aromatic heterocycles. The summed E-state index contributed by atoms with van der Waals surface area (Å²) in [5.74, 6) is 1.72. The molecule has 4 heteroatoms. The molecule has 0 fully saturated rings. The van der Waals surface area contributed by atoms with Crippen LogP contribution in [-0.4, -0.2) is 21.5 Å². The van der Waals surface area contributed by atoms with Gasteiger partial charge in [-0.3, -0.25) is 9.56 Å². The van der Waals surface area contributed by atoms with E-state index in [1.165, 1.54) is 50.0 Å². The van der Waals surface area contributed by atoms with Crippen molar-refractivity contribution in [3.63, 3.8) is 0 Å². The van der Waals surface area contributed by atoms with Gasteiger partial charge in [0.25, 0.3) is 0 Å². The van der Waals surface area contributed by atoms with Gasteiger partial charge in [-0.2, -0.15) is 0 Å². The summed E-state index contributed by atoms with van der Waals surface area (Å²) in [4.78, 5) is 5.39. The van der Waals surface area contributed by atoms with Crippen molar-refractivity contribution in [3.05, 3.63) is 167 Å². The van der Waals surface area contributed by atoms with Crippen LogP contribution in [0.1, 0.15) is 94.3 Å². The van der Waals surface area contributed by atoms with Crippen LogP contribution in [-0.2, 0) is 12.8 Å². The second-order valence-electron chi connectivity index (χ2n) is 12.9. The standard InChI is InChI=1S/C46H37N3O.3C2H6/c1-3-17-35-37-24-16-23-33(46(37)50-42(35)4-2)31-18-15-27-43(47-30-31)49-39-25-14-8-12-21-34(39)36-28-29-41-44(45(36)49)38-22-11-5-6-13-26-40(38)48(41)32-19-9-7-10-20-32;3*1-2/h3-4,6-24,27-29H,2,5,25-26,30H2,1H3;3*1-2H3/b13-6-,17-3-,22-11-;;;. The first-order valence-electron chi connectivity index (χ1n) is 20.4. The van der Waals surface area contributed by atoms with Gasteiger partial charge in [0.2, 0.25) is 0 Å². The number of benzene rings is 3. The molecule has 2 aliphatic carbocycles. The van der Waals surface area contributed by atoms with Gasteiger partial charge >= 0.3 is 0 Å². The summed E-state index contributed by atoms with van der Waals surface area (Å²) in [6.07, 6.45) is 33.1. The predicted molar refractivity (Wildman–Crippen MR) is 247 cm³/mol. The van der Waals surface area contributed by atoms with Crippen molar-refractivity contribution >= 4 is 68.5 Å². The average molecular weight is 738 g/mol. The lowest BCUT2D eigenvalue weighted by molar-refractivity contribution is 0.602. The molecule has 6 aromatic rings. The van der Waals surface area contributed by atoms with Crippen molar-refractivity contribution in [1.82, 2.24) is 9.13 Å². The molecular weight excluding hydrogens is 683 g/mol. The van der Waals surface area contributed by atoms with Crippen molar-refractivity contribution in [2.75, 3.05) is 6.54 Å². The summed E-state index contributed by atoms with van der Waals surface area (Å²) in [5, 5.41) is 3.59. The minimum absolute atomic E-state index is 0.522. The van der Waals surface area contributed by atoms with Gasteiger partial charge in [0.15, 0.2) is 0 Å². The molecule has 4 nitrogen and oxygen atoms in total. The van der Waals surface area contributed by atoms with E-state index in [4.69, 9.17) is 9.41 Å². The zero-order valence-electron chi connectivity index (χ0n) is 34.1. The second-order valence-corrected chi connectivity index (χ2v) is 12.9. The van der Waals surface area contributed by atoms with E-state index in [0.29, 0.717) is 6.54 Å². The number of allylic oxidation sites excluding steroid dienone is 10. The number of fused-ring (bicyclic) bond motifs is 8. The van der Waals surface area contributed by atoms with Crippen molar-refractivity contribution in [1.29, 1.82) is 0 Å². The molecule has 0 atom stereocenters. The van der Waals surface area contributed by atoms with Gasteiger partial charge in [0.1, 0.15) is 17.2 Å². The van der Waals surface area contributed by atoms with Crippen LogP contribution in [0.4, 0.5) is 0 Å². The first kappa shape index (κ1) is 39.6. The lowest BCUT2D eigenvalue weighted by atomic mass is 10.0. The molecule has 0 bridgehead atoms. The summed E-state index contributed by atoms with van der Waals surface area (Å²) in [6.45, 7) is 18.6. The third kappa shape index (κ3) is 7.08. The molecule has 3 aromatic carbocycles. The van der Waals surface area contributed by atoms with Gasteiger partial charge in [-0.05, 0) is 49.3 Å². The zero-order chi connectivity index (χ0) is 39.6. The van der Waals surface area contributed by atoms with E-state index in [0.717, 1.165) is 58.5 Å². The normalized spacial score (nSPS) is 15.4. The Balaban J connectivity index is 0.000000847. The van der Waals surface area contributed by atoms with Gasteiger partial charge in [-0.1, -0.05) is 163 Å². The van der Waals surface area contributed by atoms with E-state index >= 15 is 0 Å². The van der Waals surface area contributed by atoms with E-state index in [2.05, 4.69) is 149 Å². The van der Waals surface area contributed by atoms with E-state index in [1.807, 2.05) is 54.5 Å². The van der Waals surface area contributed by atoms with Crippen molar-refractivity contribution < 1.29 is 4.42 Å². The Morgan fingerprint density at radius 1 is 0.714 bits per heavy atom. The zero-order valence-corrected chi connectivity index (χ0v) is 34.1. The van der Waals surface area contributed by atoms with Gasteiger partial charge < -0.3 is 8.98 Å². The van der Waals surface area contributed by atoms with E-state index in [9.17, 15) is 0 Å². The number of aromatic nitrogens is 2. The predicted octanol–water partition coefficient (Wildman–Crippen LogP) is 14.6. The maximum absolute atomic E-state index is 6.41. The molecule has 0 radical (unpaired) electrons. The quantitative estimate of drug-likeness (QED) is 0.166. The largest absolute Gasteiger partial charge is 0.455 e. The highest BCUT2D eigenvalue weighted by Crippen LogP contribution is 2.41. The molecule has 0 saturated heterocycles. The van der Waals surface area contributed by atoms with E-state index in [-0.39, 0.29) is 0 Å². The van der Waals surface area contributed by atoms with Crippen LogP contribution >= 0.6 is 0 Å². The van der Waals surface area contributed by atoms with Crippen molar-refractivity contribution in [3.8, 4) is 5.69 Å². The third-order valence-corrected chi connectivity index (χ3v) is 10.0. The molecule has 0 spiro atoms. The smallest absolute Gasteiger partial charge is 0.142 e. The maximum Gasteiger partial charge on any atom is 0.142 e. The Kier molecular flexibility index (Phi) is 13.0. The van der Waals surface area contributed by atoms with Crippen LogP contribution in [0.2, 0.25) is 0 Å². The molecule has 9 rings (SSSR count).